The van der Waals surface area contributed by atoms with Gasteiger partial charge in [-0.3, -0.25) is 9.48 Å². The average Bonchev–Trinajstić information content (AvgIpc) is 3.27. The van der Waals surface area contributed by atoms with Crippen molar-refractivity contribution in [1.29, 1.82) is 0 Å². The van der Waals surface area contributed by atoms with Gasteiger partial charge in [0.25, 0.3) is 0 Å². The Labute approximate surface area is 146 Å². The molecule has 1 aromatic carbocycles. The number of hydrogen-bond donors (Lipinski definition) is 0. The molecule has 0 radical (unpaired) electrons. The second kappa shape index (κ2) is 6.02. The van der Waals surface area contributed by atoms with Gasteiger partial charge < -0.3 is 9.42 Å². The molecule has 0 aliphatic carbocycles. The number of benzene rings is 1. The van der Waals surface area contributed by atoms with Gasteiger partial charge in [0.15, 0.2) is 5.58 Å². The highest BCUT2D eigenvalue weighted by atomic mass is 16.5. The second-order valence-corrected chi connectivity index (χ2v) is 6.76. The number of rotatable bonds is 3. The monoisotopic (exact) mass is 338 g/mol. The number of aromatic nitrogens is 3. The van der Waals surface area contributed by atoms with Gasteiger partial charge in [0, 0.05) is 30.2 Å². The molecule has 1 aliphatic heterocycles. The minimum atomic E-state index is 0.101. The highest BCUT2D eigenvalue weighted by molar-refractivity contribution is 5.86. The summed E-state index contributed by atoms with van der Waals surface area (Å²) in [4.78, 5) is 15.0. The summed E-state index contributed by atoms with van der Waals surface area (Å²) in [6.45, 7) is 4.88. The van der Waals surface area contributed by atoms with Gasteiger partial charge in [0.05, 0.1) is 18.2 Å². The van der Waals surface area contributed by atoms with Crippen LogP contribution in [0.1, 0.15) is 41.5 Å². The summed E-state index contributed by atoms with van der Waals surface area (Å²) in [5.74, 6) is 0.101. The van der Waals surface area contributed by atoms with Gasteiger partial charge in [-0.1, -0.05) is 17.3 Å². The molecule has 1 atom stereocenters. The van der Waals surface area contributed by atoms with Crippen LogP contribution in [0.4, 0.5) is 0 Å². The fourth-order valence-corrected chi connectivity index (χ4v) is 3.95. The van der Waals surface area contributed by atoms with Crippen LogP contribution >= 0.6 is 0 Å². The number of para-hydroxylation sites is 1. The minimum absolute atomic E-state index is 0.101. The number of aryl methyl sites for hydroxylation is 2. The summed E-state index contributed by atoms with van der Waals surface area (Å²) in [5.41, 5.74) is 4.78. The Kier molecular flexibility index (Phi) is 3.82. The van der Waals surface area contributed by atoms with Crippen LogP contribution in [0.2, 0.25) is 0 Å². The van der Waals surface area contributed by atoms with E-state index in [0.717, 1.165) is 41.7 Å². The molecule has 0 bridgehead atoms. The maximum atomic E-state index is 13.0. The molecule has 25 heavy (non-hydrogen) atoms. The van der Waals surface area contributed by atoms with E-state index in [1.54, 1.807) is 0 Å². The Bertz CT molecular complexity index is 940. The van der Waals surface area contributed by atoms with Gasteiger partial charge >= 0.3 is 0 Å². The van der Waals surface area contributed by atoms with Gasteiger partial charge in [0.1, 0.15) is 5.69 Å². The van der Waals surface area contributed by atoms with Crippen molar-refractivity contribution in [2.45, 2.75) is 39.2 Å². The van der Waals surface area contributed by atoms with Crippen LogP contribution in [-0.2, 0) is 18.3 Å². The first-order chi connectivity index (χ1) is 12.1. The van der Waals surface area contributed by atoms with Gasteiger partial charge in [-0.25, -0.2) is 0 Å². The maximum absolute atomic E-state index is 13.0. The van der Waals surface area contributed by atoms with Crippen LogP contribution in [0.15, 0.2) is 28.8 Å². The number of amides is 1. The summed E-state index contributed by atoms with van der Waals surface area (Å²) in [6, 6.07) is 7.78. The van der Waals surface area contributed by atoms with E-state index in [4.69, 9.17) is 4.52 Å². The van der Waals surface area contributed by atoms with Crippen LogP contribution < -0.4 is 0 Å². The Hall–Kier alpha value is -2.63. The van der Waals surface area contributed by atoms with Crippen molar-refractivity contribution in [2.24, 2.45) is 7.05 Å². The summed E-state index contributed by atoms with van der Waals surface area (Å²) in [6.07, 6.45) is 2.27. The number of nitrogens with zero attached hydrogens (tertiary/aromatic N) is 4. The number of likely N-dealkylation sites (tertiary alicyclic amines) is 1. The first kappa shape index (κ1) is 15.9. The van der Waals surface area contributed by atoms with Crippen LogP contribution in [0.5, 0.6) is 0 Å². The molecule has 1 unspecified atom stereocenters. The molecule has 3 aromatic rings. The van der Waals surface area contributed by atoms with Crippen molar-refractivity contribution in [2.75, 3.05) is 6.54 Å². The molecule has 1 saturated heterocycles. The van der Waals surface area contributed by atoms with Crippen molar-refractivity contribution < 1.29 is 9.32 Å². The van der Waals surface area contributed by atoms with Crippen molar-refractivity contribution in [1.82, 2.24) is 19.8 Å². The molecule has 0 spiro atoms. The summed E-state index contributed by atoms with van der Waals surface area (Å²) < 4.78 is 7.23. The lowest BCUT2D eigenvalue weighted by molar-refractivity contribution is -0.131. The van der Waals surface area contributed by atoms with E-state index < -0.39 is 0 Å². The predicted octanol–water partition coefficient (Wildman–Crippen LogP) is 3.08. The second-order valence-electron chi connectivity index (χ2n) is 6.76. The molecule has 6 heteroatoms. The lowest BCUT2D eigenvalue weighted by atomic mass is 10.0. The first-order valence-corrected chi connectivity index (χ1v) is 8.69. The van der Waals surface area contributed by atoms with E-state index in [9.17, 15) is 4.79 Å². The van der Waals surface area contributed by atoms with Crippen molar-refractivity contribution in [3.63, 3.8) is 0 Å². The summed E-state index contributed by atoms with van der Waals surface area (Å²) in [5, 5.41) is 9.54. The van der Waals surface area contributed by atoms with Gasteiger partial charge in [-0.05, 0) is 38.8 Å². The van der Waals surface area contributed by atoms with Crippen molar-refractivity contribution in [3.8, 4) is 0 Å². The molecule has 3 heterocycles. The molecule has 1 amide bonds. The summed E-state index contributed by atoms with van der Waals surface area (Å²) in [7, 11) is 1.95. The first-order valence-electron chi connectivity index (χ1n) is 8.69. The van der Waals surface area contributed by atoms with Gasteiger partial charge in [-0.2, -0.15) is 5.10 Å². The van der Waals surface area contributed by atoms with Crippen LogP contribution in [0.25, 0.3) is 11.0 Å². The van der Waals surface area contributed by atoms with Crippen LogP contribution in [0.3, 0.4) is 0 Å². The third-order valence-electron chi connectivity index (χ3n) is 5.24. The smallest absolute Gasteiger partial charge is 0.229 e. The Morgan fingerprint density at radius 2 is 2.12 bits per heavy atom. The fourth-order valence-electron chi connectivity index (χ4n) is 3.95. The topological polar surface area (TPSA) is 64.2 Å². The maximum Gasteiger partial charge on any atom is 0.229 e. The number of fused-ring (bicyclic) bond motifs is 1. The van der Waals surface area contributed by atoms with E-state index >= 15 is 0 Å². The SMILES string of the molecule is Cc1nn(C)c(C)c1C1CCCN1C(=O)Cc1noc2ccccc12. The van der Waals surface area contributed by atoms with E-state index in [0.29, 0.717) is 5.69 Å². The standard InChI is InChI=1S/C19H22N4O2/c1-12-19(13(2)22(3)20-12)16-8-6-10-23(16)18(24)11-15-14-7-4-5-9-17(14)25-21-15/h4-5,7,9,16H,6,8,10-11H2,1-3H3. The zero-order valence-electron chi connectivity index (χ0n) is 14.8. The van der Waals surface area contributed by atoms with E-state index in [2.05, 4.69) is 17.2 Å². The van der Waals surface area contributed by atoms with E-state index in [-0.39, 0.29) is 18.4 Å². The zero-order valence-corrected chi connectivity index (χ0v) is 14.8. The van der Waals surface area contributed by atoms with Gasteiger partial charge in [-0.15, -0.1) is 0 Å². The molecule has 0 N–H and O–H groups in total. The van der Waals surface area contributed by atoms with E-state index in [1.165, 1.54) is 5.56 Å². The van der Waals surface area contributed by atoms with Crippen molar-refractivity contribution >= 4 is 16.9 Å². The lowest BCUT2D eigenvalue weighted by Crippen LogP contribution is -2.32. The minimum Gasteiger partial charge on any atom is -0.356 e. The largest absolute Gasteiger partial charge is 0.356 e. The fraction of sp³-hybridized carbons (Fsp3) is 0.421. The molecule has 1 aliphatic rings. The van der Waals surface area contributed by atoms with Crippen molar-refractivity contribution in [3.05, 3.63) is 46.9 Å². The summed E-state index contributed by atoms with van der Waals surface area (Å²) >= 11 is 0. The normalized spacial score (nSPS) is 17.6. The molecular weight excluding hydrogens is 316 g/mol. The third-order valence-corrected chi connectivity index (χ3v) is 5.24. The quantitative estimate of drug-likeness (QED) is 0.736. The van der Waals surface area contributed by atoms with Gasteiger partial charge in [0.2, 0.25) is 5.91 Å². The Morgan fingerprint density at radius 3 is 2.88 bits per heavy atom. The number of hydrogen-bond acceptors (Lipinski definition) is 4. The average molecular weight is 338 g/mol. The zero-order chi connectivity index (χ0) is 17.6. The predicted molar refractivity (Wildman–Crippen MR) is 94.1 cm³/mol. The molecule has 0 saturated carbocycles. The number of carbonyl (C=O) groups is 1. The molecule has 4 rings (SSSR count). The molecule has 130 valence electrons. The highest BCUT2D eigenvalue weighted by Crippen LogP contribution is 2.36. The Balaban J connectivity index is 1.61. The molecule has 2 aromatic heterocycles. The molecular formula is C19H22N4O2. The van der Waals surface area contributed by atoms with Crippen LogP contribution in [-0.4, -0.2) is 32.3 Å². The van der Waals surface area contributed by atoms with E-state index in [1.807, 2.05) is 47.8 Å². The molecule has 6 nitrogen and oxygen atoms in total. The molecule has 1 fully saturated rings. The Morgan fingerprint density at radius 1 is 1.32 bits per heavy atom. The lowest BCUT2D eigenvalue weighted by Gasteiger charge is -2.25. The van der Waals surface area contributed by atoms with Crippen LogP contribution in [0, 0.1) is 13.8 Å². The number of carbonyl (C=O) groups excluding carboxylic acids is 1. The third kappa shape index (κ3) is 2.62. The highest BCUT2D eigenvalue weighted by Gasteiger charge is 2.33.